The van der Waals surface area contributed by atoms with E-state index >= 15 is 0 Å². The van der Waals surface area contributed by atoms with Crippen molar-refractivity contribution < 1.29 is 4.79 Å². The van der Waals surface area contributed by atoms with Crippen molar-refractivity contribution in [2.75, 3.05) is 0 Å². The molecule has 0 aliphatic carbocycles. The van der Waals surface area contributed by atoms with Crippen LogP contribution in [0.25, 0.3) is 12.2 Å². The lowest BCUT2D eigenvalue weighted by Gasteiger charge is -1.99. The zero-order chi connectivity index (χ0) is 10.4. The van der Waals surface area contributed by atoms with Crippen molar-refractivity contribution in [3.05, 3.63) is 41.2 Å². The Morgan fingerprint density at radius 3 is 2.93 bits per heavy atom. The normalized spacial score (nSPS) is 12.0. The van der Waals surface area contributed by atoms with Crippen LogP contribution in [-0.2, 0) is 4.79 Å². The Kier molecular flexibility index (Phi) is 3.80. The largest absolute Gasteiger partial charge is 0.298 e. The van der Waals surface area contributed by atoms with E-state index in [1.807, 2.05) is 37.3 Å². The monoisotopic (exact) mass is 187 g/mol. The third kappa shape index (κ3) is 2.66. The second kappa shape index (κ2) is 5.12. The van der Waals surface area contributed by atoms with Crippen molar-refractivity contribution in [2.24, 2.45) is 0 Å². The van der Waals surface area contributed by atoms with Crippen LogP contribution in [0.2, 0.25) is 0 Å². The lowest BCUT2D eigenvalue weighted by atomic mass is 10.1. The SMILES string of the molecule is C/C=C\c1ncccc1/C=C(\C)C=O. The highest BCUT2D eigenvalue weighted by Gasteiger charge is 1.96. The predicted molar refractivity (Wildman–Crippen MR) is 58.7 cm³/mol. The number of hydrogen-bond donors (Lipinski definition) is 0. The fourth-order valence-corrected chi connectivity index (χ4v) is 1.13. The van der Waals surface area contributed by atoms with E-state index in [0.29, 0.717) is 5.57 Å². The average Bonchev–Trinajstić information content (AvgIpc) is 2.21. The van der Waals surface area contributed by atoms with E-state index in [1.54, 1.807) is 13.1 Å². The fourth-order valence-electron chi connectivity index (χ4n) is 1.13. The molecule has 0 bridgehead atoms. The van der Waals surface area contributed by atoms with Gasteiger partial charge in [0.2, 0.25) is 0 Å². The second-order valence-electron chi connectivity index (χ2n) is 2.98. The molecule has 1 rings (SSSR count). The maximum Gasteiger partial charge on any atom is 0.145 e. The Morgan fingerprint density at radius 1 is 1.50 bits per heavy atom. The summed E-state index contributed by atoms with van der Waals surface area (Å²) in [6, 6.07) is 3.80. The number of carbonyl (C=O) groups excluding carboxylic acids is 1. The van der Waals surface area contributed by atoms with Gasteiger partial charge in [0.25, 0.3) is 0 Å². The Labute approximate surface area is 84.0 Å². The van der Waals surface area contributed by atoms with Gasteiger partial charge in [-0.25, -0.2) is 0 Å². The Hall–Kier alpha value is -1.70. The summed E-state index contributed by atoms with van der Waals surface area (Å²) < 4.78 is 0. The molecule has 0 radical (unpaired) electrons. The van der Waals surface area contributed by atoms with E-state index in [0.717, 1.165) is 17.5 Å². The van der Waals surface area contributed by atoms with Gasteiger partial charge in [-0.3, -0.25) is 9.78 Å². The molecule has 0 aromatic carbocycles. The molecule has 1 aromatic rings. The Bertz CT molecular complexity index is 378. The summed E-state index contributed by atoms with van der Waals surface area (Å²) in [5.41, 5.74) is 2.55. The quantitative estimate of drug-likeness (QED) is 0.538. The lowest BCUT2D eigenvalue weighted by molar-refractivity contribution is -0.104. The van der Waals surface area contributed by atoms with Crippen LogP contribution in [0.1, 0.15) is 25.1 Å². The minimum absolute atomic E-state index is 0.698. The molecule has 1 heterocycles. The topological polar surface area (TPSA) is 30.0 Å². The van der Waals surface area contributed by atoms with Gasteiger partial charge in [0.05, 0.1) is 5.69 Å². The Balaban J connectivity index is 3.13. The number of pyridine rings is 1. The summed E-state index contributed by atoms with van der Waals surface area (Å²) in [5, 5.41) is 0. The fraction of sp³-hybridized carbons (Fsp3) is 0.167. The van der Waals surface area contributed by atoms with Gasteiger partial charge in [-0.05, 0) is 37.6 Å². The predicted octanol–water partition coefficient (Wildman–Crippen LogP) is 2.72. The van der Waals surface area contributed by atoms with E-state index in [-0.39, 0.29) is 0 Å². The summed E-state index contributed by atoms with van der Waals surface area (Å²) in [5.74, 6) is 0. The van der Waals surface area contributed by atoms with Gasteiger partial charge in [-0.2, -0.15) is 0 Å². The molecule has 2 nitrogen and oxygen atoms in total. The van der Waals surface area contributed by atoms with E-state index in [2.05, 4.69) is 4.98 Å². The maximum absolute atomic E-state index is 10.5. The molecule has 0 spiro atoms. The van der Waals surface area contributed by atoms with Gasteiger partial charge >= 0.3 is 0 Å². The first-order valence-electron chi connectivity index (χ1n) is 4.49. The molecule has 0 N–H and O–H groups in total. The van der Waals surface area contributed by atoms with Crippen LogP contribution in [0, 0.1) is 0 Å². The molecule has 0 amide bonds. The van der Waals surface area contributed by atoms with Crippen LogP contribution in [0.15, 0.2) is 30.0 Å². The minimum atomic E-state index is 0.698. The number of aldehydes is 1. The van der Waals surface area contributed by atoms with E-state index < -0.39 is 0 Å². The zero-order valence-corrected chi connectivity index (χ0v) is 8.40. The highest BCUT2D eigenvalue weighted by molar-refractivity contribution is 5.82. The van der Waals surface area contributed by atoms with Crippen molar-refractivity contribution in [2.45, 2.75) is 13.8 Å². The van der Waals surface area contributed by atoms with Crippen molar-refractivity contribution in [1.29, 1.82) is 0 Å². The number of aromatic nitrogens is 1. The van der Waals surface area contributed by atoms with Crippen molar-refractivity contribution in [3.63, 3.8) is 0 Å². The molecule has 14 heavy (non-hydrogen) atoms. The van der Waals surface area contributed by atoms with Crippen molar-refractivity contribution in [3.8, 4) is 0 Å². The van der Waals surface area contributed by atoms with Crippen molar-refractivity contribution >= 4 is 18.4 Å². The summed E-state index contributed by atoms with van der Waals surface area (Å²) >= 11 is 0. The molecular weight excluding hydrogens is 174 g/mol. The van der Waals surface area contributed by atoms with E-state index in [4.69, 9.17) is 0 Å². The highest BCUT2D eigenvalue weighted by Crippen LogP contribution is 2.11. The second-order valence-corrected chi connectivity index (χ2v) is 2.98. The first-order valence-corrected chi connectivity index (χ1v) is 4.49. The summed E-state index contributed by atoms with van der Waals surface area (Å²) in [7, 11) is 0. The van der Waals surface area contributed by atoms with E-state index in [9.17, 15) is 4.79 Å². The third-order valence-corrected chi connectivity index (χ3v) is 1.76. The average molecular weight is 187 g/mol. The molecule has 1 aromatic heterocycles. The van der Waals surface area contributed by atoms with Crippen LogP contribution in [0.5, 0.6) is 0 Å². The van der Waals surface area contributed by atoms with Crippen LogP contribution >= 0.6 is 0 Å². The van der Waals surface area contributed by atoms with Gasteiger partial charge in [0.1, 0.15) is 6.29 Å². The lowest BCUT2D eigenvalue weighted by Crippen LogP contribution is -1.86. The minimum Gasteiger partial charge on any atom is -0.298 e. The molecule has 72 valence electrons. The number of carbonyl (C=O) groups is 1. The smallest absolute Gasteiger partial charge is 0.145 e. The number of allylic oxidation sites excluding steroid dienone is 2. The number of hydrogen-bond acceptors (Lipinski definition) is 2. The van der Waals surface area contributed by atoms with Crippen LogP contribution in [0.4, 0.5) is 0 Å². The standard InChI is InChI=1S/C12H13NO/c1-3-5-12-11(6-4-7-13-12)8-10(2)9-14/h3-9H,1-2H3/b5-3-,10-8+. The van der Waals surface area contributed by atoms with Crippen molar-refractivity contribution in [1.82, 2.24) is 4.98 Å². The molecule has 0 aliphatic rings. The molecule has 0 saturated carbocycles. The molecule has 0 unspecified atom stereocenters. The molecule has 0 aliphatic heterocycles. The molecule has 2 heteroatoms. The number of rotatable bonds is 3. The van der Waals surface area contributed by atoms with Gasteiger partial charge < -0.3 is 0 Å². The van der Waals surface area contributed by atoms with Crippen LogP contribution < -0.4 is 0 Å². The summed E-state index contributed by atoms with van der Waals surface area (Å²) in [6.45, 7) is 3.72. The first-order chi connectivity index (χ1) is 6.77. The van der Waals surface area contributed by atoms with E-state index in [1.165, 1.54) is 0 Å². The molecule has 0 atom stereocenters. The summed E-state index contributed by atoms with van der Waals surface area (Å²) in [4.78, 5) is 14.7. The molecule has 0 fully saturated rings. The van der Waals surface area contributed by atoms with Crippen LogP contribution in [0.3, 0.4) is 0 Å². The molecular formula is C12H13NO. The zero-order valence-electron chi connectivity index (χ0n) is 8.40. The van der Waals surface area contributed by atoms with Gasteiger partial charge in [-0.15, -0.1) is 0 Å². The molecule has 0 saturated heterocycles. The van der Waals surface area contributed by atoms with Gasteiger partial charge in [0.15, 0.2) is 0 Å². The summed E-state index contributed by atoms with van der Waals surface area (Å²) in [6.07, 6.45) is 8.25. The number of nitrogens with zero attached hydrogens (tertiary/aromatic N) is 1. The Morgan fingerprint density at radius 2 is 2.29 bits per heavy atom. The first kappa shape index (κ1) is 10.4. The van der Waals surface area contributed by atoms with Gasteiger partial charge in [0, 0.05) is 11.8 Å². The van der Waals surface area contributed by atoms with Crippen LogP contribution in [-0.4, -0.2) is 11.3 Å². The maximum atomic E-state index is 10.5. The third-order valence-electron chi connectivity index (χ3n) is 1.76. The van der Waals surface area contributed by atoms with Gasteiger partial charge in [-0.1, -0.05) is 12.1 Å². The highest BCUT2D eigenvalue weighted by atomic mass is 16.1.